The highest BCUT2D eigenvalue weighted by Crippen LogP contribution is 2.21. The quantitative estimate of drug-likeness (QED) is 0.900. The topological polar surface area (TPSA) is 47.6 Å². The molecule has 24 heavy (non-hydrogen) atoms. The minimum atomic E-state index is -0.104. The molecule has 1 atom stereocenters. The molecule has 1 fully saturated rings. The average molecular weight is 325 g/mol. The second-order valence-corrected chi connectivity index (χ2v) is 6.18. The van der Waals surface area contributed by atoms with Gasteiger partial charge in [0.05, 0.1) is 6.10 Å². The maximum Gasteiger partial charge on any atom is 0.255 e. The third-order valence-corrected chi connectivity index (χ3v) is 4.40. The first kappa shape index (κ1) is 16.5. The van der Waals surface area contributed by atoms with Crippen LogP contribution in [0.1, 0.15) is 34.3 Å². The standard InChI is InChI=1S/C20H23NO3/c1-14-6-3-10-19(15(14)2)20(22)21-16-7-4-8-17(12-16)24-13-18-9-5-11-23-18/h3-4,6-8,10,12,18H,5,9,11,13H2,1-2H3,(H,21,22). The van der Waals surface area contributed by atoms with E-state index in [0.29, 0.717) is 12.2 Å². The van der Waals surface area contributed by atoms with Gasteiger partial charge in [0.1, 0.15) is 12.4 Å². The molecule has 0 spiro atoms. The zero-order valence-corrected chi connectivity index (χ0v) is 14.2. The first-order valence-corrected chi connectivity index (χ1v) is 8.35. The van der Waals surface area contributed by atoms with Gasteiger partial charge < -0.3 is 14.8 Å². The maximum atomic E-state index is 12.5. The molecule has 0 aliphatic carbocycles. The third-order valence-electron chi connectivity index (χ3n) is 4.40. The Morgan fingerprint density at radius 2 is 2.08 bits per heavy atom. The highest BCUT2D eigenvalue weighted by molar-refractivity contribution is 6.05. The Hall–Kier alpha value is -2.33. The number of hydrogen-bond acceptors (Lipinski definition) is 3. The van der Waals surface area contributed by atoms with Gasteiger partial charge in [0.2, 0.25) is 0 Å². The molecular weight excluding hydrogens is 302 g/mol. The van der Waals surface area contributed by atoms with Crippen LogP contribution in [0.3, 0.4) is 0 Å². The molecule has 1 aliphatic rings. The predicted octanol–water partition coefficient (Wildman–Crippen LogP) is 4.11. The number of nitrogens with one attached hydrogen (secondary N) is 1. The number of hydrogen-bond donors (Lipinski definition) is 1. The van der Waals surface area contributed by atoms with Crippen LogP contribution in [-0.4, -0.2) is 25.2 Å². The summed E-state index contributed by atoms with van der Waals surface area (Å²) in [4.78, 5) is 12.5. The van der Waals surface area contributed by atoms with Crippen LogP contribution in [0.25, 0.3) is 0 Å². The summed E-state index contributed by atoms with van der Waals surface area (Å²) in [6.45, 7) is 5.34. The Kier molecular flexibility index (Phi) is 5.16. The normalized spacial score (nSPS) is 16.8. The summed E-state index contributed by atoms with van der Waals surface area (Å²) in [5, 5.41) is 2.94. The molecule has 0 aromatic heterocycles. The summed E-state index contributed by atoms with van der Waals surface area (Å²) >= 11 is 0. The van der Waals surface area contributed by atoms with E-state index < -0.39 is 0 Å². The van der Waals surface area contributed by atoms with Gasteiger partial charge in [0.25, 0.3) is 5.91 Å². The molecule has 0 saturated carbocycles. The summed E-state index contributed by atoms with van der Waals surface area (Å²) in [7, 11) is 0. The van der Waals surface area contributed by atoms with E-state index in [1.165, 1.54) is 0 Å². The Morgan fingerprint density at radius 1 is 1.25 bits per heavy atom. The fraction of sp³-hybridized carbons (Fsp3) is 0.350. The zero-order valence-electron chi connectivity index (χ0n) is 14.2. The van der Waals surface area contributed by atoms with E-state index in [0.717, 1.165) is 42.0 Å². The van der Waals surface area contributed by atoms with Crippen LogP contribution < -0.4 is 10.1 Å². The lowest BCUT2D eigenvalue weighted by Gasteiger charge is -2.13. The van der Waals surface area contributed by atoms with Crippen LogP contribution in [0.15, 0.2) is 42.5 Å². The van der Waals surface area contributed by atoms with E-state index in [-0.39, 0.29) is 12.0 Å². The molecule has 1 unspecified atom stereocenters. The van der Waals surface area contributed by atoms with E-state index in [4.69, 9.17) is 9.47 Å². The number of rotatable bonds is 5. The van der Waals surface area contributed by atoms with E-state index in [9.17, 15) is 4.79 Å². The summed E-state index contributed by atoms with van der Waals surface area (Å²) in [6.07, 6.45) is 2.32. The van der Waals surface area contributed by atoms with Crippen LogP contribution in [0.4, 0.5) is 5.69 Å². The first-order chi connectivity index (χ1) is 11.6. The molecular formula is C20H23NO3. The zero-order chi connectivity index (χ0) is 16.9. The Bertz CT molecular complexity index is 721. The van der Waals surface area contributed by atoms with Gasteiger partial charge in [-0.2, -0.15) is 0 Å². The fourth-order valence-corrected chi connectivity index (χ4v) is 2.82. The van der Waals surface area contributed by atoms with Crippen molar-refractivity contribution in [1.29, 1.82) is 0 Å². The molecule has 1 N–H and O–H groups in total. The highest BCUT2D eigenvalue weighted by atomic mass is 16.5. The molecule has 0 bridgehead atoms. The Labute approximate surface area is 142 Å². The van der Waals surface area contributed by atoms with Crippen LogP contribution in [-0.2, 0) is 4.74 Å². The number of aryl methyl sites for hydroxylation is 1. The van der Waals surface area contributed by atoms with Crippen molar-refractivity contribution in [2.45, 2.75) is 32.8 Å². The smallest absolute Gasteiger partial charge is 0.255 e. The van der Waals surface area contributed by atoms with Gasteiger partial charge in [-0.1, -0.05) is 18.2 Å². The Balaban J connectivity index is 1.65. The fourth-order valence-electron chi connectivity index (χ4n) is 2.82. The highest BCUT2D eigenvalue weighted by Gasteiger charge is 2.16. The van der Waals surface area contributed by atoms with Gasteiger partial charge in [-0.25, -0.2) is 0 Å². The van der Waals surface area contributed by atoms with Crippen molar-refractivity contribution in [3.63, 3.8) is 0 Å². The van der Waals surface area contributed by atoms with Gasteiger partial charge in [0.15, 0.2) is 0 Å². The SMILES string of the molecule is Cc1cccc(C(=O)Nc2cccc(OCC3CCCO3)c2)c1C. The van der Waals surface area contributed by atoms with E-state index >= 15 is 0 Å². The summed E-state index contributed by atoms with van der Waals surface area (Å²) < 4.78 is 11.3. The molecule has 3 rings (SSSR count). The first-order valence-electron chi connectivity index (χ1n) is 8.35. The van der Waals surface area contributed by atoms with Crippen molar-refractivity contribution in [3.8, 4) is 5.75 Å². The lowest BCUT2D eigenvalue weighted by atomic mass is 10.0. The lowest BCUT2D eigenvalue weighted by Crippen LogP contribution is -2.16. The summed E-state index contributed by atoms with van der Waals surface area (Å²) in [5.41, 5.74) is 3.53. The van der Waals surface area contributed by atoms with Crippen LogP contribution >= 0.6 is 0 Å². The lowest BCUT2D eigenvalue weighted by molar-refractivity contribution is 0.0680. The van der Waals surface area contributed by atoms with Crippen molar-refractivity contribution < 1.29 is 14.3 Å². The van der Waals surface area contributed by atoms with Gasteiger partial charge in [-0.05, 0) is 56.0 Å². The molecule has 2 aromatic rings. The monoisotopic (exact) mass is 325 g/mol. The summed E-state index contributed by atoms with van der Waals surface area (Å²) in [5.74, 6) is 0.636. The van der Waals surface area contributed by atoms with Crippen LogP contribution in [0.5, 0.6) is 5.75 Å². The van der Waals surface area contributed by atoms with Gasteiger partial charge in [-0.3, -0.25) is 4.79 Å². The number of carbonyl (C=O) groups excluding carboxylic acids is 1. The minimum Gasteiger partial charge on any atom is -0.491 e. The number of ether oxygens (including phenoxy) is 2. The second-order valence-electron chi connectivity index (χ2n) is 6.18. The predicted molar refractivity (Wildman–Crippen MR) is 94.8 cm³/mol. The van der Waals surface area contributed by atoms with E-state index in [1.807, 2.05) is 56.3 Å². The number of amides is 1. The Morgan fingerprint density at radius 3 is 2.88 bits per heavy atom. The van der Waals surface area contributed by atoms with Crippen molar-refractivity contribution in [2.75, 3.05) is 18.5 Å². The maximum absolute atomic E-state index is 12.5. The van der Waals surface area contributed by atoms with E-state index in [1.54, 1.807) is 0 Å². The van der Waals surface area contributed by atoms with Crippen molar-refractivity contribution in [3.05, 3.63) is 59.2 Å². The van der Waals surface area contributed by atoms with Crippen LogP contribution in [0, 0.1) is 13.8 Å². The molecule has 0 radical (unpaired) electrons. The summed E-state index contributed by atoms with van der Waals surface area (Å²) in [6, 6.07) is 13.2. The molecule has 126 valence electrons. The molecule has 4 heteroatoms. The van der Waals surface area contributed by atoms with Crippen molar-refractivity contribution in [1.82, 2.24) is 0 Å². The van der Waals surface area contributed by atoms with Crippen molar-refractivity contribution in [2.24, 2.45) is 0 Å². The second kappa shape index (κ2) is 7.49. The van der Waals surface area contributed by atoms with Crippen molar-refractivity contribution >= 4 is 11.6 Å². The van der Waals surface area contributed by atoms with Gasteiger partial charge >= 0.3 is 0 Å². The average Bonchev–Trinajstić information content (AvgIpc) is 3.09. The van der Waals surface area contributed by atoms with Gasteiger partial charge in [0, 0.05) is 23.9 Å². The molecule has 2 aromatic carbocycles. The number of anilines is 1. The molecule has 1 amide bonds. The number of benzene rings is 2. The van der Waals surface area contributed by atoms with E-state index in [2.05, 4.69) is 5.32 Å². The van der Waals surface area contributed by atoms with Crippen LogP contribution in [0.2, 0.25) is 0 Å². The largest absolute Gasteiger partial charge is 0.491 e. The minimum absolute atomic E-state index is 0.104. The molecule has 1 aliphatic heterocycles. The van der Waals surface area contributed by atoms with Gasteiger partial charge in [-0.15, -0.1) is 0 Å². The molecule has 1 saturated heterocycles. The third kappa shape index (κ3) is 3.95. The molecule has 4 nitrogen and oxygen atoms in total. The number of carbonyl (C=O) groups is 1. The molecule has 1 heterocycles.